The summed E-state index contributed by atoms with van der Waals surface area (Å²) in [6.45, 7) is -0.357. The van der Waals surface area contributed by atoms with Gasteiger partial charge in [-0.2, -0.15) is 13.2 Å². The molecule has 1 aliphatic heterocycles. The number of nitrogens with zero attached hydrogens (tertiary/aromatic N) is 1. The maximum atomic E-state index is 13.0. The van der Waals surface area contributed by atoms with E-state index in [1.54, 1.807) is 17.5 Å². The minimum absolute atomic E-state index is 0.289. The molecule has 1 N–H and O–H groups in total. The summed E-state index contributed by atoms with van der Waals surface area (Å²) in [5.74, 6) is -1.95. The Balaban J connectivity index is 1.58. The van der Waals surface area contributed by atoms with Crippen molar-refractivity contribution in [1.82, 2.24) is 4.90 Å². The Hall–Kier alpha value is -2.88. The standard InChI is InChI=1S/C19H17F3N2O4S/c20-19(21,22)12-5-1-2-6-13(12)23-16(25)11-28-18(27)14-7-3-9-24(14)17(26)15-8-4-10-29-15/h1-2,4-6,8,10,14H,3,7,9,11H2,(H,23,25)/t14-/m0/s1. The molecule has 0 spiro atoms. The van der Waals surface area contributed by atoms with E-state index in [1.165, 1.54) is 28.4 Å². The number of hydrogen-bond donors (Lipinski definition) is 1. The number of esters is 1. The summed E-state index contributed by atoms with van der Waals surface area (Å²) in [5.41, 5.74) is -1.42. The van der Waals surface area contributed by atoms with Crippen LogP contribution < -0.4 is 5.32 Å². The highest BCUT2D eigenvalue weighted by atomic mass is 32.1. The SMILES string of the molecule is O=C(COC(=O)[C@@H]1CCCN1C(=O)c1cccs1)Nc1ccccc1C(F)(F)F. The lowest BCUT2D eigenvalue weighted by Crippen LogP contribution is -2.41. The molecule has 2 heterocycles. The third-order valence-corrected chi connectivity index (χ3v) is 5.23. The van der Waals surface area contributed by atoms with Gasteiger partial charge in [-0.15, -0.1) is 11.3 Å². The topological polar surface area (TPSA) is 75.7 Å². The molecule has 2 amide bonds. The number of rotatable bonds is 5. The van der Waals surface area contributed by atoms with Gasteiger partial charge in [-0.05, 0) is 36.4 Å². The Bertz CT molecular complexity index is 899. The van der Waals surface area contributed by atoms with Crippen molar-refractivity contribution in [3.05, 3.63) is 52.2 Å². The first kappa shape index (κ1) is 20.8. The third-order valence-electron chi connectivity index (χ3n) is 4.37. The number of ether oxygens (including phenoxy) is 1. The van der Waals surface area contributed by atoms with Crippen LogP contribution in [0.1, 0.15) is 28.1 Å². The van der Waals surface area contributed by atoms with Crippen LogP contribution >= 0.6 is 11.3 Å². The molecular formula is C19H17F3N2O4S. The number of amides is 2. The Morgan fingerprint density at radius 3 is 2.62 bits per heavy atom. The molecule has 1 aromatic heterocycles. The molecule has 2 aromatic rings. The molecule has 0 saturated carbocycles. The second kappa shape index (κ2) is 8.64. The molecular weight excluding hydrogens is 409 g/mol. The van der Waals surface area contributed by atoms with Gasteiger partial charge in [-0.25, -0.2) is 4.79 Å². The predicted molar refractivity (Wildman–Crippen MR) is 99.4 cm³/mol. The van der Waals surface area contributed by atoms with Crippen LogP contribution in [-0.4, -0.2) is 41.9 Å². The zero-order chi connectivity index (χ0) is 21.0. The van der Waals surface area contributed by atoms with Crippen molar-refractivity contribution in [3.63, 3.8) is 0 Å². The van der Waals surface area contributed by atoms with Crippen LogP contribution in [0.25, 0.3) is 0 Å². The summed E-state index contributed by atoms with van der Waals surface area (Å²) in [4.78, 5) is 38.7. The van der Waals surface area contributed by atoms with Gasteiger partial charge in [0.1, 0.15) is 6.04 Å². The highest BCUT2D eigenvalue weighted by Gasteiger charge is 2.36. The average Bonchev–Trinajstić information content (AvgIpc) is 3.37. The molecule has 1 fully saturated rings. The number of carbonyl (C=O) groups excluding carboxylic acids is 3. The highest BCUT2D eigenvalue weighted by molar-refractivity contribution is 7.12. The van der Waals surface area contributed by atoms with Gasteiger partial charge in [0.15, 0.2) is 6.61 Å². The largest absolute Gasteiger partial charge is 0.454 e. The van der Waals surface area contributed by atoms with Gasteiger partial charge in [0.25, 0.3) is 11.8 Å². The third kappa shape index (κ3) is 4.94. The van der Waals surface area contributed by atoms with E-state index in [2.05, 4.69) is 5.32 Å². The maximum absolute atomic E-state index is 13.0. The molecule has 0 radical (unpaired) electrons. The number of thiophene rings is 1. The molecule has 0 aliphatic carbocycles. The molecule has 1 aromatic carbocycles. The number of halogens is 3. The molecule has 6 nitrogen and oxygen atoms in total. The van der Waals surface area contributed by atoms with E-state index in [4.69, 9.17) is 4.74 Å². The Morgan fingerprint density at radius 1 is 1.17 bits per heavy atom. The predicted octanol–water partition coefficient (Wildman–Crippen LogP) is 3.55. The van der Waals surface area contributed by atoms with Gasteiger partial charge in [0.2, 0.25) is 0 Å². The van der Waals surface area contributed by atoms with E-state index in [9.17, 15) is 27.6 Å². The first-order valence-corrected chi connectivity index (χ1v) is 9.62. The van der Waals surface area contributed by atoms with Crippen LogP contribution in [0.2, 0.25) is 0 Å². The van der Waals surface area contributed by atoms with Crippen molar-refractivity contribution in [3.8, 4) is 0 Å². The Kier molecular flexibility index (Phi) is 6.21. The molecule has 1 atom stereocenters. The molecule has 0 unspecified atom stereocenters. The number of nitrogens with one attached hydrogen (secondary N) is 1. The second-order valence-electron chi connectivity index (χ2n) is 6.33. The number of para-hydroxylation sites is 1. The van der Waals surface area contributed by atoms with Crippen molar-refractivity contribution in [2.45, 2.75) is 25.1 Å². The zero-order valence-corrected chi connectivity index (χ0v) is 15.9. The molecule has 10 heteroatoms. The van der Waals surface area contributed by atoms with E-state index in [0.29, 0.717) is 24.3 Å². The van der Waals surface area contributed by atoms with E-state index >= 15 is 0 Å². The van der Waals surface area contributed by atoms with Gasteiger partial charge < -0.3 is 15.0 Å². The summed E-state index contributed by atoms with van der Waals surface area (Å²) in [5, 5.41) is 3.85. The van der Waals surface area contributed by atoms with Crippen molar-refractivity contribution >= 4 is 34.8 Å². The maximum Gasteiger partial charge on any atom is 0.418 e. The molecule has 1 saturated heterocycles. The summed E-state index contributed by atoms with van der Waals surface area (Å²) < 4.78 is 43.9. The monoisotopic (exact) mass is 426 g/mol. The molecule has 29 heavy (non-hydrogen) atoms. The van der Waals surface area contributed by atoms with Gasteiger partial charge >= 0.3 is 12.1 Å². The normalized spacial score (nSPS) is 16.5. The number of carbonyl (C=O) groups is 3. The molecule has 0 bridgehead atoms. The fourth-order valence-electron chi connectivity index (χ4n) is 3.06. The smallest absolute Gasteiger partial charge is 0.418 e. The lowest BCUT2D eigenvalue weighted by molar-refractivity contribution is -0.151. The summed E-state index contributed by atoms with van der Waals surface area (Å²) in [6.07, 6.45) is -3.62. The number of hydrogen-bond acceptors (Lipinski definition) is 5. The minimum atomic E-state index is -4.63. The summed E-state index contributed by atoms with van der Waals surface area (Å²) in [6, 6.07) is 7.07. The van der Waals surface area contributed by atoms with Gasteiger partial charge in [0, 0.05) is 6.54 Å². The van der Waals surface area contributed by atoms with Gasteiger partial charge in [-0.3, -0.25) is 9.59 Å². The quantitative estimate of drug-likeness (QED) is 0.742. The highest BCUT2D eigenvalue weighted by Crippen LogP contribution is 2.34. The van der Waals surface area contributed by atoms with E-state index in [0.717, 1.165) is 12.1 Å². The van der Waals surface area contributed by atoms with Crippen LogP contribution in [-0.2, 0) is 20.5 Å². The van der Waals surface area contributed by atoms with Crippen LogP contribution in [0, 0.1) is 0 Å². The number of likely N-dealkylation sites (tertiary alicyclic amines) is 1. The lowest BCUT2D eigenvalue weighted by atomic mass is 10.1. The van der Waals surface area contributed by atoms with E-state index in [1.807, 2.05) is 0 Å². The number of alkyl halides is 3. The van der Waals surface area contributed by atoms with Crippen LogP contribution in [0.15, 0.2) is 41.8 Å². The zero-order valence-electron chi connectivity index (χ0n) is 15.1. The molecule has 154 valence electrons. The van der Waals surface area contributed by atoms with Crippen LogP contribution in [0.4, 0.5) is 18.9 Å². The molecule has 3 rings (SSSR count). The first-order valence-electron chi connectivity index (χ1n) is 8.74. The van der Waals surface area contributed by atoms with Gasteiger partial charge in [0.05, 0.1) is 16.1 Å². The van der Waals surface area contributed by atoms with E-state index in [-0.39, 0.29) is 5.91 Å². The van der Waals surface area contributed by atoms with Crippen LogP contribution in [0.3, 0.4) is 0 Å². The molecule has 1 aliphatic rings. The first-order chi connectivity index (χ1) is 13.8. The Labute approximate surface area is 168 Å². The van der Waals surface area contributed by atoms with Crippen LogP contribution in [0.5, 0.6) is 0 Å². The average molecular weight is 426 g/mol. The van der Waals surface area contributed by atoms with E-state index < -0.39 is 42.0 Å². The van der Waals surface area contributed by atoms with Crippen molar-refractivity contribution < 1.29 is 32.3 Å². The summed E-state index contributed by atoms with van der Waals surface area (Å²) in [7, 11) is 0. The van der Waals surface area contributed by atoms with Gasteiger partial charge in [-0.1, -0.05) is 18.2 Å². The lowest BCUT2D eigenvalue weighted by Gasteiger charge is -2.22. The second-order valence-corrected chi connectivity index (χ2v) is 7.28. The Morgan fingerprint density at radius 2 is 1.93 bits per heavy atom. The summed E-state index contributed by atoms with van der Waals surface area (Å²) >= 11 is 1.26. The number of anilines is 1. The number of benzene rings is 1. The van der Waals surface area contributed by atoms with Crippen molar-refractivity contribution in [2.75, 3.05) is 18.5 Å². The van der Waals surface area contributed by atoms with Crippen molar-refractivity contribution in [1.29, 1.82) is 0 Å². The fraction of sp³-hybridized carbons (Fsp3) is 0.316. The minimum Gasteiger partial charge on any atom is -0.454 e. The fourth-order valence-corrected chi connectivity index (χ4v) is 3.73. The van der Waals surface area contributed by atoms with Crippen molar-refractivity contribution in [2.24, 2.45) is 0 Å².